The van der Waals surface area contributed by atoms with E-state index in [0.29, 0.717) is 10.7 Å². The number of nitrogens with zero attached hydrogens (tertiary/aromatic N) is 4. The second-order valence-electron chi connectivity index (χ2n) is 9.59. The van der Waals surface area contributed by atoms with E-state index in [0.717, 1.165) is 0 Å². The quantitative estimate of drug-likeness (QED) is 0.169. The van der Waals surface area contributed by atoms with Gasteiger partial charge in [-0.15, -0.1) is 0 Å². The Hall–Kier alpha value is -2.68. The standard InChI is InChI=1S/C23H32ClN6O8P/c1-12(2)36-22(32)13(3)29-39(34,38-15-7-5-14(24)6-8-15)35-10-17-18(31)23(4,33)19(37-17)16-9-26-21-20(25)27-11-28-30(16)21/h5-9,11-13,17-19,29,31,33-34,39H,10H2,1-4H3,(H2,25,27,28)/t13-,17+,18+,19-,23+/m0/s1. The van der Waals surface area contributed by atoms with Gasteiger partial charge in [-0.1, -0.05) is 0 Å². The van der Waals surface area contributed by atoms with Gasteiger partial charge in [0.25, 0.3) is 0 Å². The molecule has 14 nitrogen and oxygen atoms in total. The van der Waals surface area contributed by atoms with Gasteiger partial charge in [0.1, 0.15) is 0 Å². The maximum atomic E-state index is 12.4. The summed E-state index contributed by atoms with van der Waals surface area (Å²) in [6.45, 7) is 5.84. The maximum absolute atomic E-state index is 12.4. The number of benzene rings is 1. The number of esters is 1. The third kappa shape index (κ3) is 6.39. The number of ether oxygens (including phenoxy) is 2. The van der Waals surface area contributed by atoms with E-state index in [4.69, 9.17) is 35.9 Å². The number of rotatable bonds is 10. The summed E-state index contributed by atoms with van der Waals surface area (Å²) in [6, 6.07) is 5.13. The molecule has 1 saturated heterocycles. The van der Waals surface area contributed by atoms with E-state index in [-0.39, 0.29) is 23.3 Å². The number of aliphatic hydroxyl groups excluding tert-OH is 1. The molecule has 16 heteroatoms. The van der Waals surface area contributed by atoms with Crippen LogP contribution in [0, 0.1) is 0 Å². The van der Waals surface area contributed by atoms with Crippen LogP contribution in [0.5, 0.6) is 5.75 Å². The Kier molecular flexibility index (Phi) is 8.59. The van der Waals surface area contributed by atoms with E-state index in [1.807, 2.05) is 0 Å². The van der Waals surface area contributed by atoms with Crippen LogP contribution in [-0.4, -0.2) is 77.2 Å². The molecule has 0 unspecified atom stereocenters. The molecular formula is C23H32ClN6O8P. The predicted molar refractivity (Wildman–Crippen MR) is 142 cm³/mol. The molecule has 0 aliphatic carbocycles. The SMILES string of the molecule is CC(C)OC(=O)[C@H](C)N[PH](O)(OC[C@H]1O[C@@H](c2cnc3c(N)ncnn23)[C@](C)(O)[C@@H]1O)Oc1ccc(Cl)cc1. The molecule has 214 valence electrons. The van der Waals surface area contributed by atoms with E-state index in [9.17, 15) is 19.9 Å². The molecule has 1 aliphatic rings. The molecule has 0 amide bonds. The Morgan fingerprint density at radius 1 is 1.31 bits per heavy atom. The number of halogens is 1. The number of fused-ring (bicyclic) bond motifs is 1. The molecule has 3 heterocycles. The van der Waals surface area contributed by atoms with Crippen LogP contribution in [0.15, 0.2) is 36.8 Å². The van der Waals surface area contributed by atoms with Gasteiger partial charge in [-0.3, -0.25) is 0 Å². The number of carbonyl (C=O) groups is 1. The third-order valence-electron chi connectivity index (χ3n) is 6.04. The molecule has 1 fully saturated rings. The van der Waals surface area contributed by atoms with Crippen molar-refractivity contribution in [1.29, 1.82) is 0 Å². The van der Waals surface area contributed by atoms with Gasteiger partial charge in [0.15, 0.2) is 0 Å². The van der Waals surface area contributed by atoms with Crippen LogP contribution in [0.4, 0.5) is 5.82 Å². The van der Waals surface area contributed by atoms with Crippen LogP contribution in [0.1, 0.15) is 39.5 Å². The third-order valence-corrected chi connectivity index (χ3v) is 8.16. The van der Waals surface area contributed by atoms with E-state index in [2.05, 4.69) is 20.2 Å². The van der Waals surface area contributed by atoms with Crippen molar-refractivity contribution in [2.75, 3.05) is 12.3 Å². The van der Waals surface area contributed by atoms with Gasteiger partial charge >= 0.3 is 230 Å². The Bertz CT molecular complexity index is 1310. The van der Waals surface area contributed by atoms with Crippen LogP contribution in [0.3, 0.4) is 0 Å². The second-order valence-corrected chi connectivity index (χ2v) is 12.0. The number of imidazole rings is 1. The molecule has 5 atom stereocenters. The number of hydrogen-bond donors (Lipinski definition) is 5. The topological polar surface area (TPSA) is 196 Å². The Morgan fingerprint density at radius 3 is 2.67 bits per heavy atom. The number of anilines is 1. The summed E-state index contributed by atoms with van der Waals surface area (Å²) in [5.74, 6) is -0.291. The van der Waals surface area contributed by atoms with Crippen molar-refractivity contribution in [1.82, 2.24) is 24.7 Å². The van der Waals surface area contributed by atoms with Gasteiger partial charge in [-0.2, -0.15) is 0 Å². The van der Waals surface area contributed by atoms with Crippen molar-refractivity contribution in [3.63, 3.8) is 0 Å². The first-order valence-corrected chi connectivity index (χ1v) is 14.2. The summed E-state index contributed by atoms with van der Waals surface area (Å²) < 4.78 is 24.1. The molecule has 4 rings (SSSR count). The van der Waals surface area contributed by atoms with Crippen LogP contribution in [0.2, 0.25) is 5.02 Å². The average molecular weight is 587 g/mol. The van der Waals surface area contributed by atoms with E-state index in [1.165, 1.54) is 43.0 Å². The molecule has 1 aliphatic heterocycles. The van der Waals surface area contributed by atoms with Gasteiger partial charge in [0, 0.05) is 0 Å². The van der Waals surface area contributed by atoms with Crippen molar-refractivity contribution in [3.8, 4) is 5.75 Å². The van der Waals surface area contributed by atoms with Gasteiger partial charge in [0.05, 0.1) is 0 Å². The van der Waals surface area contributed by atoms with Crippen LogP contribution in [0.25, 0.3) is 5.65 Å². The summed E-state index contributed by atoms with van der Waals surface area (Å²) >= 11 is 5.94. The molecule has 0 spiro atoms. The fourth-order valence-corrected chi connectivity index (χ4v) is 5.91. The molecule has 0 bridgehead atoms. The molecule has 2 aromatic heterocycles. The number of nitrogens with one attached hydrogen (secondary N) is 1. The number of carbonyl (C=O) groups excluding carboxylic acids is 1. The number of nitrogens with two attached hydrogens (primary N) is 1. The summed E-state index contributed by atoms with van der Waals surface area (Å²) in [7, 11) is -4.39. The minimum absolute atomic E-state index is 0.126. The van der Waals surface area contributed by atoms with E-state index >= 15 is 0 Å². The second kappa shape index (κ2) is 11.4. The average Bonchev–Trinajstić information content (AvgIpc) is 3.38. The molecule has 0 saturated carbocycles. The normalized spacial score (nSPS) is 24.7. The minimum atomic E-state index is -4.39. The Morgan fingerprint density at radius 2 is 2.00 bits per heavy atom. The zero-order valence-electron chi connectivity index (χ0n) is 21.7. The van der Waals surface area contributed by atoms with Crippen molar-refractivity contribution in [3.05, 3.63) is 47.5 Å². The zero-order chi connectivity index (χ0) is 28.5. The molecule has 1 aromatic carbocycles. The summed E-state index contributed by atoms with van der Waals surface area (Å²) in [5.41, 5.74) is 4.62. The van der Waals surface area contributed by atoms with Crippen molar-refractivity contribution in [2.45, 2.75) is 63.8 Å². The molecule has 0 radical (unpaired) electrons. The monoisotopic (exact) mass is 586 g/mol. The fraction of sp³-hybridized carbons (Fsp3) is 0.478. The van der Waals surface area contributed by atoms with E-state index < -0.39 is 50.6 Å². The Labute approximate surface area is 229 Å². The first-order chi connectivity index (χ1) is 18.3. The summed E-state index contributed by atoms with van der Waals surface area (Å²) in [4.78, 5) is 31.9. The van der Waals surface area contributed by atoms with Crippen LogP contribution in [-0.2, 0) is 18.8 Å². The number of aliphatic hydroxyl groups is 2. The Balaban J connectivity index is 1.54. The molecule has 6 N–H and O–H groups in total. The first-order valence-electron chi connectivity index (χ1n) is 12.1. The van der Waals surface area contributed by atoms with Gasteiger partial charge in [0.2, 0.25) is 0 Å². The van der Waals surface area contributed by atoms with Gasteiger partial charge in [-0.25, -0.2) is 0 Å². The predicted octanol–water partition coefficient (Wildman–Crippen LogP) is 1.34. The van der Waals surface area contributed by atoms with Crippen molar-refractivity contribution in [2.24, 2.45) is 0 Å². The summed E-state index contributed by atoms with van der Waals surface area (Å²) in [5, 5.41) is 29.4. The molecular weight excluding hydrogens is 555 g/mol. The number of hydrogen-bond acceptors (Lipinski definition) is 13. The van der Waals surface area contributed by atoms with Crippen LogP contribution < -0.4 is 15.3 Å². The van der Waals surface area contributed by atoms with E-state index in [1.54, 1.807) is 26.0 Å². The first kappa shape index (κ1) is 29.3. The molecule has 3 aromatic rings. The molecule has 39 heavy (non-hydrogen) atoms. The van der Waals surface area contributed by atoms with Gasteiger partial charge < -0.3 is 0 Å². The van der Waals surface area contributed by atoms with Crippen LogP contribution >= 0.6 is 19.7 Å². The number of nitrogen functional groups attached to an aromatic ring is 1. The summed E-state index contributed by atoms with van der Waals surface area (Å²) in [6.07, 6.45) is -1.41. The van der Waals surface area contributed by atoms with Crippen molar-refractivity contribution < 1.29 is 38.4 Å². The van der Waals surface area contributed by atoms with Crippen molar-refractivity contribution >= 4 is 37.1 Å². The fourth-order valence-electron chi connectivity index (χ4n) is 4.07. The van der Waals surface area contributed by atoms with Gasteiger partial charge in [-0.05, 0) is 0 Å². The number of aromatic nitrogens is 4. The zero-order valence-corrected chi connectivity index (χ0v) is 23.4.